The molecule has 1 aliphatic carbocycles. The van der Waals surface area contributed by atoms with Crippen molar-refractivity contribution in [1.82, 2.24) is 0 Å². The van der Waals surface area contributed by atoms with Gasteiger partial charge >= 0.3 is 5.97 Å². The zero-order valence-electron chi connectivity index (χ0n) is 7.45. The van der Waals surface area contributed by atoms with Crippen LogP contribution in [0.1, 0.15) is 32.6 Å². The third-order valence-electron chi connectivity index (χ3n) is 2.10. The van der Waals surface area contributed by atoms with Gasteiger partial charge in [0.1, 0.15) is 0 Å². The third-order valence-corrected chi connectivity index (χ3v) is 2.10. The van der Waals surface area contributed by atoms with Crippen molar-refractivity contribution in [2.45, 2.75) is 38.7 Å². The molecule has 0 aliphatic heterocycles. The van der Waals surface area contributed by atoms with E-state index in [1.165, 1.54) is 12.8 Å². The number of ether oxygens (including phenoxy) is 1. The van der Waals surface area contributed by atoms with Crippen molar-refractivity contribution in [3.8, 4) is 0 Å². The van der Waals surface area contributed by atoms with Gasteiger partial charge in [-0.05, 0) is 19.3 Å². The second-order valence-electron chi connectivity index (χ2n) is 3.35. The Hall–Kier alpha value is -0.570. The quantitative estimate of drug-likeness (QED) is 0.662. The first kappa shape index (κ1) is 9.52. The van der Waals surface area contributed by atoms with Crippen LogP contribution in [0.4, 0.5) is 0 Å². The molecule has 1 N–H and O–H groups in total. The Morgan fingerprint density at radius 2 is 2.33 bits per heavy atom. The summed E-state index contributed by atoms with van der Waals surface area (Å²) >= 11 is 0. The molecule has 0 aromatic heterocycles. The molecule has 1 aliphatic rings. The van der Waals surface area contributed by atoms with Crippen LogP contribution in [-0.4, -0.2) is 23.8 Å². The number of hydrogen-bond acceptors (Lipinski definition) is 2. The van der Waals surface area contributed by atoms with Gasteiger partial charge in [0.15, 0.2) is 0 Å². The average molecular weight is 172 g/mol. The Morgan fingerprint density at radius 3 is 2.75 bits per heavy atom. The maximum Gasteiger partial charge on any atom is 0.305 e. The zero-order valence-corrected chi connectivity index (χ0v) is 7.45. The first-order valence-electron chi connectivity index (χ1n) is 4.55. The number of aliphatic carboxylic acids is 1. The molecule has 3 heteroatoms. The van der Waals surface area contributed by atoms with Crippen LogP contribution >= 0.6 is 0 Å². The summed E-state index contributed by atoms with van der Waals surface area (Å²) in [5.74, 6) is -0.0185. The molecule has 1 unspecified atom stereocenters. The number of carboxylic acid groups (broad SMARTS) is 1. The molecule has 0 bridgehead atoms. The Kier molecular flexibility index (Phi) is 3.53. The van der Waals surface area contributed by atoms with E-state index in [4.69, 9.17) is 9.84 Å². The van der Waals surface area contributed by atoms with Crippen LogP contribution in [0, 0.1) is 5.92 Å². The molecular weight excluding hydrogens is 156 g/mol. The van der Waals surface area contributed by atoms with Crippen molar-refractivity contribution < 1.29 is 14.6 Å². The lowest BCUT2D eigenvalue weighted by Gasteiger charge is -2.13. The van der Waals surface area contributed by atoms with Crippen molar-refractivity contribution in [2.24, 2.45) is 5.92 Å². The van der Waals surface area contributed by atoms with E-state index in [0.29, 0.717) is 6.61 Å². The monoisotopic (exact) mass is 172 g/mol. The molecule has 1 saturated carbocycles. The summed E-state index contributed by atoms with van der Waals surface area (Å²) in [5.41, 5.74) is 0. The molecule has 1 rings (SSSR count). The van der Waals surface area contributed by atoms with E-state index in [0.717, 1.165) is 12.3 Å². The van der Waals surface area contributed by atoms with Crippen LogP contribution in [0.2, 0.25) is 0 Å². The van der Waals surface area contributed by atoms with Gasteiger partial charge in [-0.1, -0.05) is 12.8 Å². The number of rotatable bonds is 6. The van der Waals surface area contributed by atoms with Crippen LogP contribution in [0.15, 0.2) is 0 Å². The predicted molar refractivity (Wildman–Crippen MR) is 45.0 cm³/mol. The Balaban J connectivity index is 2.20. The SMILES string of the molecule is CCOC(CC(=O)O)CC1CC1. The van der Waals surface area contributed by atoms with E-state index in [9.17, 15) is 4.79 Å². The van der Waals surface area contributed by atoms with Crippen LogP contribution in [-0.2, 0) is 9.53 Å². The molecule has 1 atom stereocenters. The molecule has 12 heavy (non-hydrogen) atoms. The molecule has 0 saturated heterocycles. The van der Waals surface area contributed by atoms with Crippen LogP contribution in [0.25, 0.3) is 0 Å². The topological polar surface area (TPSA) is 46.5 Å². The highest BCUT2D eigenvalue weighted by atomic mass is 16.5. The molecule has 0 radical (unpaired) electrons. The zero-order chi connectivity index (χ0) is 8.97. The molecule has 0 heterocycles. The van der Waals surface area contributed by atoms with Gasteiger partial charge in [0.25, 0.3) is 0 Å². The van der Waals surface area contributed by atoms with Crippen molar-refractivity contribution in [3.63, 3.8) is 0 Å². The van der Waals surface area contributed by atoms with Gasteiger partial charge in [-0.15, -0.1) is 0 Å². The Labute approximate surface area is 72.7 Å². The molecule has 0 aromatic rings. The Morgan fingerprint density at radius 1 is 1.67 bits per heavy atom. The van der Waals surface area contributed by atoms with E-state index < -0.39 is 5.97 Å². The molecule has 1 fully saturated rings. The van der Waals surface area contributed by atoms with Crippen LogP contribution in [0.5, 0.6) is 0 Å². The van der Waals surface area contributed by atoms with Crippen LogP contribution in [0.3, 0.4) is 0 Å². The summed E-state index contributed by atoms with van der Waals surface area (Å²) in [6.45, 7) is 2.52. The lowest BCUT2D eigenvalue weighted by Crippen LogP contribution is -2.18. The average Bonchev–Trinajstić information content (AvgIpc) is 2.70. The van der Waals surface area contributed by atoms with Gasteiger partial charge in [-0.3, -0.25) is 4.79 Å². The van der Waals surface area contributed by atoms with Crippen molar-refractivity contribution in [2.75, 3.05) is 6.61 Å². The van der Waals surface area contributed by atoms with Gasteiger partial charge < -0.3 is 9.84 Å². The number of carbonyl (C=O) groups is 1. The maximum atomic E-state index is 10.4. The minimum absolute atomic E-state index is 0.0556. The van der Waals surface area contributed by atoms with Gasteiger partial charge in [-0.2, -0.15) is 0 Å². The standard InChI is InChI=1S/C9H16O3/c1-2-12-8(6-9(10)11)5-7-3-4-7/h7-8H,2-6H2,1H3,(H,10,11). The fourth-order valence-electron chi connectivity index (χ4n) is 1.37. The first-order chi connectivity index (χ1) is 5.72. The fraction of sp³-hybridized carbons (Fsp3) is 0.889. The lowest BCUT2D eigenvalue weighted by molar-refractivity contribution is -0.140. The van der Waals surface area contributed by atoms with E-state index in [1.54, 1.807) is 0 Å². The summed E-state index contributed by atoms with van der Waals surface area (Å²) in [6, 6.07) is 0. The van der Waals surface area contributed by atoms with E-state index in [2.05, 4.69) is 0 Å². The van der Waals surface area contributed by atoms with Gasteiger partial charge in [0.2, 0.25) is 0 Å². The van der Waals surface area contributed by atoms with Crippen molar-refractivity contribution >= 4 is 5.97 Å². The van der Waals surface area contributed by atoms with E-state index >= 15 is 0 Å². The first-order valence-corrected chi connectivity index (χ1v) is 4.55. The maximum absolute atomic E-state index is 10.4. The summed E-state index contributed by atoms with van der Waals surface area (Å²) in [7, 11) is 0. The molecule has 3 nitrogen and oxygen atoms in total. The highest BCUT2D eigenvalue weighted by molar-refractivity contribution is 5.67. The normalized spacial score (nSPS) is 19.1. The van der Waals surface area contributed by atoms with Crippen molar-refractivity contribution in [3.05, 3.63) is 0 Å². The second-order valence-corrected chi connectivity index (χ2v) is 3.35. The fourth-order valence-corrected chi connectivity index (χ4v) is 1.37. The van der Waals surface area contributed by atoms with Crippen molar-refractivity contribution in [1.29, 1.82) is 0 Å². The third kappa shape index (κ3) is 3.72. The summed E-state index contributed by atoms with van der Waals surface area (Å²) in [4.78, 5) is 10.4. The highest BCUT2D eigenvalue weighted by Crippen LogP contribution is 2.34. The molecule has 0 amide bonds. The van der Waals surface area contributed by atoms with Gasteiger partial charge in [-0.25, -0.2) is 0 Å². The smallest absolute Gasteiger partial charge is 0.305 e. The molecule has 0 spiro atoms. The van der Waals surface area contributed by atoms with Gasteiger partial charge in [0, 0.05) is 6.61 Å². The second kappa shape index (κ2) is 4.45. The predicted octanol–water partition coefficient (Wildman–Crippen LogP) is 1.67. The summed E-state index contributed by atoms with van der Waals surface area (Å²) < 4.78 is 5.32. The Bertz CT molecular complexity index is 152. The largest absolute Gasteiger partial charge is 0.481 e. The minimum atomic E-state index is -0.755. The molecule has 70 valence electrons. The number of hydrogen-bond donors (Lipinski definition) is 1. The lowest BCUT2D eigenvalue weighted by atomic mass is 10.1. The minimum Gasteiger partial charge on any atom is -0.481 e. The molecule has 0 aromatic carbocycles. The summed E-state index contributed by atoms with van der Waals surface area (Å²) in [6.07, 6.45) is 3.54. The van der Waals surface area contributed by atoms with Crippen LogP contribution < -0.4 is 0 Å². The number of carboxylic acids is 1. The summed E-state index contributed by atoms with van der Waals surface area (Å²) in [5, 5.41) is 8.56. The van der Waals surface area contributed by atoms with E-state index in [-0.39, 0.29) is 12.5 Å². The highest BCUT2D eigenvalue weighted by Gasteiger charge is 2.26. The van der Waals surface area contributed by atoms with Gasteiger partial charge in [0.05, 0.1) is 12.5 Å². The van der Waals surface area contributed by atoms with E-state index in [1.807, 2.05) is 6.92 Å². The molecular formula is C9H16O3.